The lowest BCUT2D eigenvalue weighted by Gasteiger charge is -2.04. The van der Waals surface area contributed by atoms with Gasteiger partial charge in [-0.1, -0.05) is 23.7 Å². The van der Waals surface area contributed by atoms with E-state index >= 15 is 0 Å². The number of carboxylic acids is 2. The highest BCUT2D eigenvalue weighted by molar-refractivity contribution is 6.32. The van der Waals surface area contributed by atoms with Crippen molar-refractivity contribution in [1.29, 1.82) is 0 Å². The zero-order valence-corrected chi connectivity index (χ0v) is 10.3. The molecule has 0 spiro atoms. The van der Waals surface area contributed by atoms with Gasteiger partial charge in [0.2, 0.25) is 0 Å². The lowest BCUT2D eigenvalue weighted by Crippen LogP contribution is -2.00. The third-order valence-corrected chi connectivity index (χ3v) is 2.84. The maximum atomic E-state index is 10.9. The molecule has 1 aromatic heterocycles. The Labute approximate surface area is 113 Å². The van der Waals surface area contributed by atoms with Crippen molar-refractivity contribution < 1.29 is 19.8 Å². The van der Waals surface area contributed by atoms with Crippen LogP contribution in [0, 0.1) is 0 Å². The van der Waals surface area contributed by atoms with Gasteiger partial charge >= 0.3 is 11.9 Å². The van der Waals surface area contributed by atoms with Gasteiger partial charge in [-0.2, -0.15) is 0 Å². The molecule has 2 rings (SSSR count). The smallest absolute Gasteiger partial charge is 0.338 e. The molecule has 0 aliphatic rings. The maximum Gasteiger partial charge on any atom is 0.338 e. The van der Waals surface area contributed by atoms with E-state index in [1.54, 1.807) is 12.1 Å². The first-order valence-electron chi connectivity index (χ1n) is 5.21. The molecule has 0 aliphatic heterocycles. The Morgan fingerprint density at radius 2 is 1.63 bits per heavy atom. The topological polar surface area (TPSA) is 87.5 Å². The van der Waals surface area contributed by atoms with E-state index in [0.717, 1.165) is 0 Å². The number of carbonyl (C=O) groups is 2. The highest BCUT2D eigenvalue weighted by Gasteiger charge is 2.12. The number of pyridine rings is 1. The summed E-state index contributed by atoms with van der Waals surface area (Å²) in [6.45, 7) is 0. The summed E-state index contributed by atoms with van der Waals surface area (Å²) in [4.78, 5) is 25.5. The number of hydrogen-bond acceptors (Lipinski definition) is 3. The van der Waals surface area contributed by atoms with Crippen LogP contribution in [0.4, 0.5) is 0 Å². The van der Waals surface area contributed by atoms with Crippen LogP contribution in [0.25, 0.3) is 11.1 Å². The van der Waals surface area contributed by atoms with Crippen molar-refractivity contribution >= 4 is 23.5 Å². The molecule has 0 aliphatic carbocycles. The fourth-order valence-corrected chi connectivity index (χ4v) is 1.75. The van der Waals surface area contributed by atoms with E-state index in [1.807, 2.05) is 0 Å². The van der Waals surface area contributed by atoms with Crippen LogP contribution >= 0.6 is 11.6 Å². The summed E-state index contributed by atoms with van der Waals surface area (Å²) in [6.07, 6.45) is 1.44. The second-order valence-corrected chi connectivity index (χ2v) is 4.11. The second-order valence-electron chi connectivity index (χ2n) is 3.75. The highest BCUT2D eigenvalue weighted by Crippen LogP contribution is 2.23. The van der Waals surface area contributed by atoms with Crippen LogP contribution in [0.1, 0.15) is 20.7 Å². The van der Waals surface area contributed by atoms with Crippen molar-refractivity contribution in [3.8, 4) is 11.1 Å². The van der Waals surface area contributed by atoms with E-state index in [-0.39, 0.29) is 16.3 Å². The summed E-state index contributed by atoms with van der Waals surface area (Å²) >= 11 is 5.68. The minimum atomic E-state index is -1.17. The fourth-order valence-electron chi connectivity index (χ4n) is 1.56. The molecule has 2 N–H and O–H groups in total. The van der Waals surface area contributed by atoms with Crippen molar-refractivity contribution in [2.75, 3.05) is 0 Å². The first kappa shape index (κ1) is 13.0. The predicted octanol–water partition coefficient (Wildman–Crippen LogP) is 2.80. The molecule has 0 radical (unpaired) electrons. The van der Waals surface area contributed by atoms with Gasteiger partial charge in [-0.3, -0.25) is 0 Å². The van der Waals surface area contributed by atoms with Crippen LogP contribution < -0.4 is 0 Å². The van der Waals surface area contributed by atoms with E-state index in [2.05, 4.69) is 4.98 Å². The Morgan fingerprint density at radius 1 is 1.00 bits per heavy atom. The van der Waals surface area contributed by atoms with Crippen LogP contribution in [0.3, 0.4) is 0 Å². The first-order chi connectivity index (χ1) is 8.99. The predicted molar refractivity (Wildman–Crippen MR) is 68.6 cm³/mol. The summed E-state index contributed by atoms with van der Waals surface area (Å²) < 4.78 is 0. The molecule has 96 valence electrons. The number of rotatable bonds is 3. The highest BCUT2D eigenvalue weighted by atomic mass is 35.5. The van der Waals surface area contributed by atoms with Gasteiger partial charge in [-0.25, -0.2) is 14.6 Å². The maximum absolute atomic E-state index is 10.9. The lowest BCUT2D eigenvalue weighted by atomic mass is 10.0. The zero-order chi connectivity index (χ0) is 14.0. The number of hydrogen-bond donors (Lipinski definition) is 2. The molecule has 0 saturated heterocycles. The van der Waals surface area contributed by atoms with Gasteiger partial charge in [0.1, 0.15) is 5.15 Å². The molecule has 6 heteroatoms. The summed E-state index contributed by atoms with van der Waals surface area (Å²) in [7, 11) is 0. The van der Waals surface area contributed by atoms with E-state index in [0.29, 0.717) is 11.1 Å². The van der Waals surface area contributed by atoms with Crippen molar-refractivity contribution in [2.24, 2.45) is 0 Å². The SMILES string of the molecule is O=C(O)c1ccc(-c2cnc(Cl)c(C(=O)O)c2)cc1. The van der Waals surface area contributed by atoms with Crippen molar-refractivity contribution in [3.63, 3.8) is 0 Å². The van der Waals surface area contributed by atoms with Crippen molar-refractivity contribution in [1.82, 2.24) is 4.98 Å². The van der Waals surface area contributed by atoms with E-state index in [9.17, 15) is 9.59 Å². The van der Waals surface area contributed by atoms with Gasteiger partial charge < -0.3 is 10.2 Å². The molecular formula is C13H8ClNO4. The van der Waals surface area contributed by atoms with Crippen molar-refractivity contribution in [2.45, 2.75) is 0 Å². The van der Waals surface area contributed by atoms with Gasteiger partial charge in [0, 0.05) is 11.8 Å². The number of aromatic nitrogens is 1. The molecule has 1 aromatic carbocycles. The number of aromatic carboxylic acids is 2. The Bertz CT molecular complexity index is 652. The molecule has 0 amide bonds. The van der Waals surface area contributed by atoms with Gasteiger partial charge in [0.05, 0.1) is 11.1 Å². The van der Waals surface area contributed by atoms with E-state index in [4.69, 9.17) is 21.8 Å². The monoisotopic (exact) mass is 277 g/mol. The zero-order valence-electron chi connectivity index (χ0n) is 9.50. The minimum absolute atomic E-state index is 0.0848. The van der Waals surface area contributed by atoms with Gasteiger partial charge in [-0.15, -0.1) is 0 Å². The number of benzene rings is 1. The first-order valence-corrected chi connectivity index (χ1v) is 5.59. The standard InChI is InChI=1S/C13H8ClNO4/c14-11-10(13(18)19)5-9(6-15-11)7-1-3-8(4-2-7)12(16)17/h1-6H,(H,16,17)(H,18,19). The van der Waals surface area contributed by atoms with Gasteiger partial charge in [0.15, 0.2) is 0 Å². The molecule has 5 nitrogen and oxygen atoms in total. The molecule has 0 atom stereocenters. The molecule has 0 bridgehead atoms. The molecule has 0 saturated carbocycles. The number of halogens is 1. The van der Waals surface area contributed by atoms with Crippen LogP contribution in [0.2, 0.25) is 5.15 Å². The Morgan fingerprint density at radius 3 is 2.16 bits per heavy atom. The Hall–Kier alpha value is -2.40. The second kappa shape index (κ2) is 5.07. The van der Waals surface area contributed by atoms with Crippen LogP contribution in [-0.4, -0.2) is 27.1 Å². The van der Waals surface area contributed by atoms with E-state index < -0.39 is 11.9 Å². The quantitative estimate of drug-likeness (QED) is 0.842. The normalized spacial score (nSPS) is 10.2. The molecule has 0 fully saturated rings. The van der Waals surface area contributed by atoms with Crippen LogP contribution in [-0.2, 0) is 0 Å². The average Bonchev–Trinajstić information content (AvgIpc) is 2.39. The van der Waals surface area contributed by atoms with Crippen LogP contribution in [0.15, 0.2) is 36.5 Å². The summed E-state index contributed by atoms with van der Waals surface area (Å²) in [5.74, 6) is -2.19. The van der Waals surface area contributed by atoms with Crippen molar-refractivity contribution in [3.05, 3.63) is 52.8 Å². The lowest BCUT2D eigenvalue weighted by molar-refractivity contribution is 0.0686. The van der Waals surface area contributed by atoms with E-state index in [1.165, 1.54) is 24.4 Å². The average molecular weight is 278 g/mol. The molecular weight excluding hydrogens is 270 g/mol. The van der Waals surface area contributed by atoms with Gasteiger partial charge in [-0.05, 0) is 23.8 Å². The Kier molecular flexibility index (Phi) is 3.48. The third kappa shape index (κ3) is 2.71. The number of carboxylic acid groups (broad SMARTS) is 2. The van der Waals surface area contributed by atoms with Crippen LogP contribution in [0.5, 0.6) is 0 Å². The van der Waals surface area contributed by atoms with Gasteiger partial charge in [0.25, 0.3) is 0 Å². The molecule has 1 heterocycles. The molecule has 19 heavy (non-hydrogen) atoms. The fraction of sp³-hybridized carbons (Fsp3) is 0. The minimum Gasteiger partial charge on any atom is -0.478 e. The molecule has 0 unspecified atom stereocenters. The largest absolute Gasteiger partial charge is 0.478 e. The summed E-state index contributed by atoms with van der Waals surface area (Å²) in [6, 6.07) is 7.44. The molecule has 2 aromatic rings. The summed E-state index contributed by atoms with van der Waals surface area (Å²) in [5.41, 5.74) is 1.28. The Balaban J connectivity index is 2.44. The summed E-state index contributed by atoms with van der Waals surface area (Å²) in [5, 5.41) is 17.7. The number of nitrogens with zero attached hydrogens (tertiary/aromatic N) is 1. The third-order valence-electron chi connectivity index (χ3n) is 2.53.